The van der Waals surface area contributed by atoms with Crippen LogP contribution in [0.5, 0.6) is 5.75 Å². The fourth-order valence-electron chi connectivity index (χ4n) is 3.35. The number of aromatic amines is 1. The third-order valence-electron chi connectivity index (χ3n) is 4.77. The number of H-pyrrole nitrogens is 1. The van der Waals surface area contributed by atoms with Crippen molar-refractivity contribution in [3.63, 3.8) is 0 Å². The summed E-state index contributed by atoms with van der Waals surface area (Å²) in [6.07, 6.45) is 3.14. The molecule has 0 saturated heterocycles. The zero-order valence-electron chi connectivity index (χ0n) is 15.9. The topological polar surface area (TPSA) is 59.2 Å². The second-order valence-corrected chi connectivity index (χ2v) is 6.59. The normalized spacial score (nSPS) is 11.1. The molecule has 4 nitrogen and oxygen atoms in total. The number of ketones is 1. The van der Waals surface area contributed by atoms with E-state index in [1.54, 1.807) is 13.2 Å². The first kappa shape index (κ1) is 18.4. The Morgan fingerprint density at radius 2 is 1.59 bits per heavy atom. The quantitative estimate of drug-likeness (QED) is 0.386. The van der Waals surface area contributed by atoms with Crippen LogP contribution < -0.4 is 10.3 Å². The SMILES string of the molecule is COc1ccc(/C=C/C(=O)c2c(-c3ccccc3)c3ccccc3[nH]c2=O)cc1. The molecule has 29 heavy (non-hydrogen) atoms. The molecule has 1 heterocycles. The van der Waals surface area contributed by atoms with Crippen LogP contribution in [0.3, 0.4) is 0 Å². The minimum absolute atomic E-state index is 0.139. The van der Waals surface area contributed by atoms with Gasteiger partial charge in [0.05, 0.1) is 12.7 Å². The van der Waals surface area contributed by atoms with Gasteiger partial charge in [0.15, 0.2) is 5.78 Å². The molecule has 0 atom stereocenters. The number of fused-ring (bicyclic) bond motifs is 1. The lowest BCUT2D eigenvalue weighted by molar-refractivity contribution is 0.104. The second-order valence-electron chi connectivity index (χ2n) is 6.59. The summed E-state index contributed by atoms with van der Waals surface area (Å²) in [5, 5.41) is 0.833. The Hall–Kier alpha value is -3.92. The number of hydrogen-bond donors (Lipinski definition) is 1. The Morgan fingerprint density at radius 1 is 0.897 bits per heavy atom. The van der Waals surface area contributed by atoms with Crippen LogP contribution in [0.25, 0.3) is 28.1 Å². The molecule has 1 aromatic heterocycles. The first-order chi connectivity index (χ1) is 14.2. The Kier molecular flexibility index (Phi) is 5.08. The summed E-state index contributed by atoms with van der Waals surface area (Å²) in [5.41, 5.74) is 2.77. The van der Waals surface area contributed by atoms with Crippen LogP contribution >= 0.6 is 0 Å². The van der Waals surface area contributed by atoms with Crippen molar-refractivity contribution >= 4 is 22.8 Å². The van der Waals surface area contributed by atoms with Crippen LogP contribution in [-0.2, 0) is 0 Å². The highest BCUT2D eigenvalue weighted by Crippen LogP contribution is 2.29. The zero-order chi connectivity index (χ0) is 20.2. The lowest BCUT2D eigenvalue weighted by Crippen LogP contribution is -2.18. The van der Waals surface area contributed by atoms with Gasteiger partial charge in [0.1, 0.15) is 5.75 Å². The Labute approximate surface area is 168 Å². The molecule has 0 spiro atoms. The van der Waals surface area contributed by atoms with E-state index in [-0.39, 0.29) is 11.3 Å². The van der Waals surface area contributed by atoms with Gasteiger partial charge in [-0.1, -0.05) is 66.7 Å². The second kappa shape index (κ2) is 7.98. The number of methoxy groups -OCH3 is 1. The van der Waals surface area contributed by atoms with Crippen molar-refractivity contribution in [2.75, 3.05) is 7.11 Å². The van der Waals surface area contributed by atoms with E-state index in [0.29, 0.717) is 11.1 Å². The van der Waals surface area contributed by atoms with Gasteiger partial charge in [-0.2, -0.15) is 0 Å². The average Bonchev–Trinajstić information content (AvgIpc) is 2.77. The number of para-hydroxylation sites is 1. The molecule has 0 aliphatic heterocycles. The molecular weight excluding hydrogens is 362 g/mol. The van der Waals surface area contributed by atoms with E-state index >= 15 is 0 Å². The fourth-order valence-corrected chi connectivity index (χ4v) is 3.35. The lowest BCUT2D eigenvalue weighted by Gasteiger charge is -2.11. The predicted molar refractivity (Wildman–Crippen MR) is 116 cm³/mol. The van der Waals surface area contributed by atoms with Crippen molar-refractivity contribution in [3.8, 4) is 16.9 Å². The molecule has 0 fully saturated rings. The number of aromatic nitrogens is 1. The molecule has 0 bridgehead atoms. The summed E-state index contributed by atoms with van der Waals surface area (Å²) in [4.78, 5) is 28.7. The van der Waals surface area contributed by atoms with Gasteiger partial charge in [-0.3, -0.25) is 9.59 Å². The van der Waals surface area contributed by atoms with E-state index in [2.05, 4.69) is 4.98 Å². The summed E-state index contributed by atoms with van der Waals surface area (Å²) in [6, 6.07) is 24.4. The molecule has 0 unspecified atom stereocenters. The van der Waals surface area contributed by atoms with Crippen molar-refractivity contribution in [1.82, 2.24) is 4.98 Å². The molecule has 1 N–H and O–H groups in total. The standard InChI is InChI=1S/C25H19NO3/c1-29-19-14-11-17(12-15-19)13-16-22(27)24-23(18-7-3-2-4-8-18)20-9-5-6-10-21(20)26-25(24)28/h2-16H,1H3,(H,26,28)/b16-13+. The molecule has 0 aliphatic carbocycles. The van der Waals surface area contributed by atoms with Gasteiger partial charge in [-0.25, -0.2) is 0 Å². The first-order valence-electron chi connectivity index (χ1n) is 9.24. The molecule has 0 radical (unpaired) electrons. The average molecular weight is 381 g/mol. The summed E-state index contributed by atoms with van der Waals surface area (Å²) >= 11 is 0. The van der Waals surface area contributed by atoms with Crippen molar-refractivity contribution in [2.24, 2.45) is 0 Å². The number of carbonyl (C=O) groups is 1. The molecule has 4 aromatic rings. The van der Waals surface area contributed by atoms with Crippen LogP contribution in [0, 0.1) is 0 Å². The molecule has 3 aromatic carbocycles. The van der Waals surface area contributed by atoms with E-state index in [1.807, 2.05) is 78.9 Å². The van der Waals surface area contributed by atoms with Crippen LogP contribution in [0.4, 0.5) is 0 Å². The summed E-state index contributed by atoms with van der Waals surface area (Å²) in [6.45, 7) is 0. The number of ether oxygens (including phenoxy) is 1. The van der Waals surface area contributed by atoms with Gasteiger partial charge in [-0.15, -0.1) is 0 Å². The molecular formula is C25H19NO3. The van der Waals surface area contributed by atoms with Gasteiger partial charge < -0.3 is 9.72 Å². The van der Waals surface area contributed by atoms with E-state index < -0.39 is 5.56 Å². The number of rotatable bonds is 5. The number of carbonyl (C=O) groups excluding carboxylic acids is 1. The predicted octanol–water partition coefficient (Wildman–Crippen LogP) is 5.10. The van der Waals surface area contributed by atoms with Gasteiger partial charge >= 0.3 is 0 Å². The Bertz CT molecular complexity index is 1250. The van der Waals surface area contributed by atoms with E-state index in [0.717, 1.165) is 22.3 Å². The summed E-state index contributed by atoms with van der Waals surface area (Å²) in [5.74, 6) is 0.400. The van der Waals surface area contributed by atoms with Gasteiger partial charge in [0.2, 0.25) is 0 Å². The van der Waals surface area contributed by atoms with Crippen LogP contribution in [-0.4, -0.2) is 17.9 Å². The lowest BCUT2D eigenvalue weighted by atomic mass is 9.94. The molecule has 0 saturated carbocycles. The highest BCUT2D eigenvalue weighted by molar-refractivity contribution is 6.15. The highest BCUT2D eigenvalue weighted by Gasteiger charge is 2.18. The Morgan fingerprint density at radius 3 is 2.31 bits per heavy atom. The third kappa shape index (κ3) is 3.73. The monoisotopic (exact) mass is 381 g/mol. The van der Waals surface area contributed by atoms with Crippen LogP contribution in [0.2, 0.25) is 0 Å². The Balaban J connectivity index is 1.84. The van der Waals surface area contributed by atoms with Crippen LogP contribution in [0.15, 0.2) is 89.7 Å². The maximum Gasteiger partial charge on any atom is 0.260 e. The number of benzene rings is 3. The minimum atomic E-state index is -0.396. The van der Waals surface area contributed by atoms with E-state index in [1.165, 1.54) is 6.08 Å². The maximum absolute atomic E-state index is 13.1. The van der Waals surface area contributed by atoms with Gasteiger partial charge in [0.25, 0.3) is 5.56 Å². The fraction of sp³-hybridized carbons (Fsp3) is 0.0400. The van der Waals surface area contributed by atoms with Crippen molar-refractivity contribution < 1.29 is 9.53 Å². The summed E-state index contributed by atoms with van der Waals surface area (Å²) in [7, 11) is 1.60. The molecule has 0 aliphatic rings. The zero-order valence-corrected chi connectivity index (χ0v) is 15.9. The first-order valence-corrected chi connectivity index (χ1v) is 9.24. The molecule has 142 valence electrons. The van der Waals surface area contributed by atoms with Gasteiger partial charge in [-0.05, 0) is 35.4 Å². The largest absolute Gasteiger partial charge is 0.497 e. The number of nitrogens with one attached hydrogen (secondary N) is 1. The number of hydrogen-bond acceptors (Lipinski definition) is 3. The van der Waals surface area contributed by atoms with E-state index in [4.69, 9.17) is 4.74 Å². The molecule has 0 amide bonds. The summed E-state index contributed by atoms with van der Waals surface area (Å²) < 4.78 is 5.15. The minimum Gasteiger partial charge on any atom is -0.497 e. The third-order valence-corrected chi connectivity index (χ3v) is 4.77. The van der Waals surface area contributed by atoms with Crippen molar-refractivity contribution in [3.05, 3.63) is 106 Å². The van der Waals surface area contributed by atoms with Crippen molar-refractivity contribution in [1.29, 1.82) is 0 Å². The van der Waals surface area contributed by atoms with Crippen LogP contribution in [0.1, 0.15) is 15.9 Å². The van der Waals surface area contributed by atoms with Crippen molar-refractivity contribution in [2.45, 2.75) is 0 Å². The smallest absolute Gasteiger partial charge is 0.260 e. The number of pyridine rings is 1. The van der Waals surface area contributed by atoms with E-state index in [9.17, 15) is 9.59 Å². The molecule has 4 rings (SSSR count). The van der Waals surface area contributed by atoms with Gasteiger partial charge in [0, 0.05) is 16.5 Å². The number of allylic oxidation sites excluding steroid dienone is 1. The molecule has 4 heteroatoms. The highest BCUT2D eigenvalue weighted by atomic mass is 16.5. The maximum atomic E-state index is 13.1.